The van der Waals surface area contributed by atoms with Gasteiger partial charge < -0.3 is 9.30 Å². The molecule has 0 aromatic carbocycles. The van der Waals surface area contributed by atoms with Crippen LogP contribution >= 0.6 is 12.6 Å². The number of hydrogen-bond acceptors (Lipinski definition) is 3. The minimum absolute atomic E-state index is 0.166. The summed E-state index contributed by atoms with van der Waals surface area (Å²) in [5.41, 5.74) is 1.84. The van der Waals surface area contributed by atoms with Crippen LogP contribution in [0.1, 0.15) is 12.1 Å². The van der Waals surface area contributed by atoms with Crippen LogP contribution in [-0.4, -0.2) is 32.0 Å². The van der Waals surface area contributed by atoms with Crippen molar-refractivity contribution in [3.05, 3.63) is 36.3 Å². The first-order valence-electron chi connectivity index (χ1n) is 5.61. The summed E-state index contributed by atoms with van der Waals surface area (Å²) >= 11 is 4.34. The number of rotatable bonds is 2. The average molecular weight is 247 g/mol. The van der Waals surface area contributed by atoms with Gasteiger partial charge in [-0.15, -0.1) is 0 Å². The third-order valence-corrected chi connectivity index (χ3v) is 3.31. The number of thiol groups is 1. The highest BCUT2D eigenvalue weighted by molar-refractivity contribution is 7.81. The van der Waals surface area contributed by atoms with E-state index in [2.05, 4.69) is 17.6 Å². The quantitative estimate of drug-likeness (QED) is 0.814. The molecule has 1 aliphatic heterocycles. The van der Waals surface area contributed by atoms with Gasteiger partial charge in [0, 0.05) is 30.6 Å². The number of carbonyl (C=O) groups is 1. The van der Waals surface area contributed by atoms with Crippen molar-refractivity contribution < 1.29 is 4.79 Å². The second kappa shape index (κ2) is 4.07. The maximum Gasteiger partial charge on any atom is 0.224 e. The van der Waals surface area contributed by atoms with Crippen LogP contribution < -0.4 is 0 Å². The molecule has 3 heterocycles. The highest BCUT2D eigenvalue weighted by atomic mass is 32.1. The van der Waals surface area contributed by atoms with Crippen LogP contribution in [0.5, 0.6) is 0 Å². The number of carbonyl (C=O) groups excluding carboxylic acids is 1. The van der Waals surface area contributed by atoms with Gasteiger partial charge in [0.05, 0.1) is 12.2 Å². The zero-order valence-corrected chi connectivity index (χ0v) is 10.2. The second-order valence-corrected chi connectivity index (χ2v) is 5.06. The summed E-state index contributed by atoms with van der Waals surface area (Å²) in [6, 6.07) is 5.87. The molecule has 4 nitrogen and oxygen atoms in total. The lowest BCUT2D eigenvalue weighted by atomic mass is 10.4. The molecule has 1 amide bonds. The van der Waals surface area contributed by atoms with Crippen molar-refractivity contribution in [1.82, 2.24) is 14.3 Å². The number of pyridine rings is 1. The third-order valence-electron chi connectivity index (χ3n) is 2.96. The molecule has 88 valence electrons. The van der Waals surface area contributed by atoms with Crippen LogP contribution in [0.3, 0.4) is 0 Å². The lowest BCUT2D eigenvalue weighted by Crippen LogP contribution is -2.24. The fraction of sp³-hybridized carbons (Fsp3) is 0.333. The van der Waals surface area contributed by atoms with E-state index in [0.29, 0.717) is 13.0 Å². The van der Waals surface area contributed by atoms with Gasteiger partial charge in [0.15, 0.2) is 0 Å². The fourth-order valence-electron chi connectivity index (χ4n) is 2.16. The Morgan fingerprint density at radius 3 is 3.06 bits per heavy atom. The molecule has 2 aromatic heterocycles. The number of likely N-dealkylation sites (tertiary alicyclic amines) is 1. The van der Waals surface area contributed by atoms with Gasteiger partial charge in [0.1, 0.15) is 5.65 Å². The minimum Gasteiger partial charge on any atom is -0.336 e. The van der Waals surface area contributed by atoms with Crippen molar-refractivity contribution in [2.24, 2.45) is 0 Å². The van der Waals surface area contributed by atoms with Crippen molar-refractivity contribution in [1.29, 1.82) is 0 Å². The molecular formula is C12H13N3OS. The number of hydrogen-bond donors (Lipinski definition) is 1. The second-order valence-electron chi connectivity index (χ2n) is 4.33. The van der Waals surface area contributed by atoms with Crippen molar-refractivity contribution >= 4 is 24.2 Å². The van der Waals surface area contributed by atoms with E-state index < -0.39 is 0 Å². The van der Waals surface area contributed by atoms with Crippen LogP contribution in [-0.2, 0) is 11.3 Å². The predicted octanol–water partition coefficient (Wildman–Crippen LogP) is 1.36. The van der Waals surface area contributed by atoms with Gasteiger partial charge in [-0.3, -0.25) is 4.79 Å². The Labute approximate surface area is 105 Å². The van der Waals surface area contributed by atoms with Crippen LogP contribution in [0.25, 0.3) is 5.65 Å². The highest BCUT2D eigenvalue weighted by Crippen LogP contribution is 2.18. The summed E-state index contributed by atoms with van der Waals surface area (Å²) in [5.74, 6) is 0.169. The first kappa shape index (κ1) is 10.7. The van der Waals surface area contributed by atoms with E-state index in [1.807, 2.05) is 39.9 Å². The number of amides is 1. The zero-order chi connectivity index (χ0) is 11.8. The van der Waals surface area contributed by atoms with Crippen LogP contribution in [0.4, 0.5) is 0 Å². The first-order valence-corrected chi connectivity index (χ1v) is 6.12. The molecule has 0 N–H and O–H groups in total. The van der Waals surface area contributed by atoms with Gasteiger partial charge in [-0.1, -0.05) is 6.07 Å². The highest BCUT2D eigenvalue weighted by Gasteiger charge is 2.27. The molecule has 0 bridgehead atoms. The largest absolute Gasteiger partial charge is 0.336 e. The SMILES string of the molecule is O=C1CC(S)CN1Cc1cn2ccccc2n1. The fourth-order valence-corrected chi connectivity index (χ4v) is 2.52. The molecule has 1 unspecified atom stereocenters. The van der Waals surface area contributed by atoms with Gasteiger partial charge >= 0.3 is 0 Å². The molecule has 0 saturated carbocycles. The average Bonchev–Trinajstić information content (AvgIpc) is 2.82. The summed E-state index contributed by atoms with van der Waals surface area (Å²) in [7, 11) is 0. The standard InChI is InChI=1S/C12H13N3OS/c16-12-5-10(17)8-15(12)7-9-6-14-4-2-1-3-11(14)13-9/h1-4,6,10,17H,5,7-8H2. The molecule has 5 heteroatoms. The third kappa shape index (κ3) is 2.02. The van der Waals surface area contributed by atoms with Crippen molar-refractivity contribution in [3.63, 3.8) is 0 Å². The molecule has 0 spiro atoms. The summed E-state index contributed by atoms with van der Waals surface area (Å²) in [6.45, 7) is 1.30. The Balaban J connectivity index is 1.83. The Kier molecular flexibility index (Phi) is 2.55. The maximum absolute atomic E-state index is 11.6. The van der Waals surface area contributed by atoms with Crippen molar-refractivity contribution in [2.75, 3.05) is 6.54 Å². The smallest absolute Gasteiger partial charge is 0.224 e. The Morgan fingerprint density at radius 1 is 1.47 bits per heavy atom. The Morgan fingerprint density at radius 2 is 2.35 bits per heavy atom. The number of imidazole rings is 1. The Bertz CT molecular complexity index is 533. The van der Waals surface area contributed by atoms with E-state index in [4.69, 9.17) is 0 Å². The zero-order valence-electron chi connectivity index (χ0n) is 9.28. The molecular weight excluding hydrogens is 234 g/mol. The molecule has 2 aromatic rings. The summed E-state index contributed by atoms with van der Waals surface area (Å²) < 4.78 is 1.97. The number of fused-ring (bicyclic) bond motifs is 1. The molecule has 0 aliphatic carbocycles. The normalized spacial score (nSPS) is 20.4. The van der Waals surface area contributed by atoms with E-state index >= 15 is 0 Å². The van der Waals surface area contributed by atoms with Crippen molar-refractivity contribution in [3.8, 4) is 0 Å². The van der Waals surface area contributed by atoms with Crippen LogP contribution in [0, 0.1) is 0 Å². The monoisotopic (exact) mass is 247 g/mol. The maximum atomic E-state index is 11.6. The molecule has 1 saturated heterocycles. The van der Waals surface area contributed by atoms with Gasteiger partial charge in [-0.2, -0.15) is 12.6 Å². The molecule has 3 rings (SSSR count). The van der Waals surface area contributed by atoms with E-state index in [0.717, 1.165) is 17.9 Å². The molecule has 1 atom stereocenters. The number of nitrogens with zero attached hydrogens (tertiary/aromatic N) is 3. The predicted molar refractivity (Wildman–Crippen MR) is 68.0 cm³/mol. The Hall–Kier alpha value is -1.49. The molecule has 1 aliphatic rings. The van der Waals surface area contributed by atoms with E-state index in [9.17, 15) is 4.79 Å². The first-order chi connectivity index (χ1) is 8.22. The van der Waals surface area contributed by atoms with Gasteiger partial charge in [-0.25, -0.2) is 4.98 Å². The van der Waals surface area contributed by atoms with Gasteiger partial charge in [-0.05, 0) is 12.1 Å². The van der Waals surface area contributed by atoms with Gasteiger partial charge in [0.25, 0.3) is 0 Å². The summed E-state index contributed by atoms with van der Waals surface area (Å²) in [5, 5.41) is 0.166. The van der Waals surface area contributed by atoms with E-state index in [1.165, 1.54) is 0 Å². The minimum atomic E-state index is 0.166. The molecule has 1 fully saturated rings. The lowest BCUT2D eigenvalue weighted by molar-refractivity contribution is -0.128. The van der Waals surface area contributed by atoms with E-state index in [-0.39, 0.29) is 11.2 Å². The van der Waals surface area contributed by atoms with Crippen LogP contribution in [0.15, 0.2) is 30.6 Å². The van der Waals surface area contributed by atoms with Crippen molar-refractivity contribution in [2.45, 2.75) is 18.2 Å². The summed E-state index contributed by atoms with van der Waals surface area (Å²) in [6.07, 6.45) is 4.46. The van der Waals surface area contributed by atoms with Gasteiger partial charge in [0.2, 0.25) is 5.91 Å². The van der Waals surface area contributed by atoms with E-state index in [1.54, 1.807) is 0 Å². The van der Waals surface area contributed by atoms with Crippen LogP contribution in [0.2, 0.25) is 0 Å². The topological polar surface area (TPSA) is 37.6 Å². The lowest BCUT2D eigenvalue weighted by Gasteiger charge is -2.13. The number of aromatic nitrogens is 2. The molecule has 0 radical (unpaired) electrons. The molecule has 17 heavy (non-hydrogen) atoms. The summed E-state index contributed by atoms with van der Waals surface area (Å²) in [4.78, 5) is 17.9.